The number of halogens is 1. The molecule has 1 amide bonds. The van der Waals surface area contributed by atoms with Crippen LogP contribution in [0.25, 0.3) is 11.0 Å². The lowest BCUT2D eigenvalue weighted by molar-refractivity contribution is -0.116. The fourth-order valence-corrected chi connectivity index (χ4v) is 3.21. The van der Waals surface area contributed by atoms with Crippen molar-refractivity contribution in [1.82, 2.24) is 19.3 Å². The molecule has 3 heterocycles. The Kier molecular flexibility index (Phi) is 4.78. The largest absolute Gasteiger partial charge is 0.378 e. The Hall–Kier alpha value is -3.27. The Morgan fingerprint density at radius 1 is 1.32 bits per heavy atom. The summed E-state index contributed by atoms with van der Waals surface area (Å²) in [6.45, 7) is 2.19. The number of morpholine rings is 1. The normalized spacial score (nSPS) is 14.4. The first-order valence-electron chi connectivity index (χ1n) is 8.82. The molecule has 0 saturated carbocycles. The molecule has 0 atom stereocenters. The average Bonchev–Trinajstić information content (AvgIpc) is 3.06. The number of benzene rings is 1. The summed E-state index contributed by atoms with van der Waals surface area (Å²) in [6, 6.07) is 4.25. The van der Waals surface area contributed by atoms with Crippen molar-refractivity contribution in [3.8, 4) is 0 Å². The molecule has 28 heavy (non-hydrogen) atoms. The molecule has 0 aliphatic carbocycles. The van der Waals surface area contributed by atoms with Crippen LogP contribution in [0.3, 0.4) is 0 Å². The Morgan fingerprint density at radius 3 is 2.89 bits per heavy atom. The summed E-state index contributed by atoms with van der Waals surface area (Å²) in [5.41, 5.74) is 1.16. The lowest BCUT2D eigenvalue weighted by atomic mass is 10.2. The summed E-state index contributed by atoms with van der Waals surface area (Å²) in [6.07, 6.45) is 2.72. The fraction of sp³-hybridized carbons (Fsp3) is 0.333. The number of aryl methyl sites for hydroxylation is 1. The minimum Gasteiger partial charge on any atom is -0.378 e. The quantitative estimate of drug-likeness (QED) is 0.711. The molecule has 4 rings (SSSR count). The molecule has 1 N–H and O–H groups in total. The van der Waals surface area contributed by atoms with Gasteiger partial charge in [0.2, 0.25) is 5.91 Å². The molecule has 1 aliphatic rings. The van der Waals surface area contributed by atoms with Gasteiger partial charge in [0.25, 0.3) is 5.56 Å². The third-order valence-electron chi connectivity index (χ3n) is 4.62. The summed E-state index contributed by atoms with van der Waals surface area (Å²) in [4.78, 5) is 31.2. The topological polar surface area (TPSA) is 94.3 Å². The number of fused-ring (bicyclic) bond motifs is 1. The first-order valence-corrected chi connectivity index (χ1v) is 8.82. The number of carbonyl (C=O) groups is 1. The van der Waals surface area contributed by atoms with Gasteiger partial charge in [0, 0.05) is 20.1 Å². The highest BCUT2D eigenvalue weighted by atomic mass is 19.1. The predicted octanol–water partition coefficient (Wildman–Crippen LogP) is 0.744. The molecular formula is C18H19FN6O3. The van der Waals surface area contributed by atoms with Gasteiger partial charge >= 0.3 is 0 Å². The van der Waals surface area contributed by atoms with Crippen LogP contribution in [0.4, 0.5) is 15.8 Å². The molecule has 2 aromatic heterocycles. The fourth-order valence-electron chi connectivity index (χ4n) is 3.21. The number of hydrogen-bond donors (Lipinski definition) is 1. The third-order valence-corrected chi connectivity index (χ3v) is 4.62. The SMILES string of the molecule is Cn1ncc2c(=O)n(CC(=O)Nc3cc(F)ccc3N3CCOCC3)cnc21. The Morgan fingerprint density at radius 2 is 2.11 bits per heavy atom. The van der Waals surface area contributed by atoms with Gasteiger partial charge in [-0.05, 0) is 18.2 Å². The standard InChI is InChI=1S/C18H19FN6O3/c1-23-17-13(9-21-23)18(27)25(11-20-17)10-16(26)22-14-8-12(19)2-3-15(14)24-4-6-28-7-5-24/h2-3,8-9,11H,4-7,10H2,1H3,(H,22,26). The number of carbonyl (C=O) groups excluding carboxylic acids is 1. The van der Waals surface area contributed by atoms with Crippen LogP contribution in [-0.4, -0.2) is 51.5 Å². The van der Waals surface area contributed by atoms with Gasteiger partial charge < -0.3 is 15.0 Å². The highest BCUT2D eigenvalue weighted by molar-refractivity contribution is 5.94. The lowest BCUT2D eigenvalue weighted by Crippen LogP contribution is -2.37. The zero-order valence-electron chi connectivity index (χ0n) is 15.3. The van der Waals surface area contributed by atoms with Crippen LogP contribution in [0.5, 0.6) is 0 Å². The lowest BCUT2D eigenvalue weighted by Gasteiger charge is -2.30. The number of ether oxygens (including phenoxy) is 1. The van der Waals surface area contributed by atoms with Crippen LogP contribution in [0, 0.1) is 5.82 Å². The second kappa shape index (κ2) is 7.39. The molecule has 1 aliphatic heterocycles. The van der Waals surface area contributed by atoms with E-state index in [1.807, 2.05) is 4.90 Å². The maximum Gasteiger partial charge on any atom is 0.264 e. The minimum atomic E-state index is -0.456. The maximum atomic E-state index is 13.8. The highest BCUT2D eigenvalue weighted by Gasteiger charge is 2.18. The first kappa shape index (κ1) is 18.1. The van der Waals surface area contributed by atoms with E-state index in [2.05, 4.69) is 15.4 Å². The second-order valence-electron chi connectivity index (χ2n) is 6.49. The first-order chi connectivity index (χ1) is 13.5. The average molecular weight is 386 g/mol. The van der Waals surface area contributed by atoms with Gasteiger partial charge in [-0.1, -0.05) is 0 Å². The summed E-state index contributed by atoms with van der Waals surface area (Å²) >= 11 is 0. The molecule has 10 heteroatoms. The molecule has 3 aromatic rings. The van der Waals surface area contributed by atoms with E-state index in [9.17, 15) is 14.0 Å². The van der Waals surface area contributed by atoms with E-state index in [1.165, 1.54) is 33.9 Å². The van der Waals surface area contributed by atoms with Crippen LogP contribution in [0.1, 0.15) is 0 Å². The zero-order valence-corrected chi connectivity index (χ0v) is 15.3. The number of amides is 1. The van der Waals surface area contributed by atoms with E-state index >= 15 is 0 Å². The monoisotopic (exact) mass is 386 g/mol. The predicted molar refractivity (Wildman–Crippen MR) is 101 cm³/mol. The number of aromatic nitrogens is 4. The van der Waals surface area contributed by atoms with Crippen LogP contribution in [0.15, 0.2) is 35.5 Å². The summed E-state index contributed by atoms with van der Waals surface area (Å²) in [5, 5.41) is 7.04. The van der Waals surface area contributed by atoms with Gasteiger partial charge in [-0.3, -0.25) is 18.8 Å². The van der Waals surface area contributed by atoms with Crippen LogP contribution < -0.4 is 15.8 Å². The van der Waals surface area contributed by atoms with Crippen molar-refractivity contribution in [3.63, 3.8) is 0 Å². The van der Waals surface area contributed by atoms with Crippen molar-refractivity contribution in [3.05, 3.63) is 46.9 Å². The molecule has 0 spiro atoms. The van der Waals surface area contributed by atoms with Crippen molar-refractivity contribution in [2.45, 2.75) is 6.54 Å². The van der Waals surface area contributed by atoms with E-state index in [-0.39, 0.29) is 12.1 Å². The Bertz CT molecular complexity index is 1090. The van der Waals surface area contributed by atoms with Crippen LogP contribution in [-0.2, 0) is 23.1 Å². The van der Waals surface area contributed by atoms with Gasteiger partial charge in [0.15, 0.2) is 5.65 Å². The minimum absolute atomic E-state index is 0.240. The molecule has 1 saturated heterocycles. The van der Waals surface area contributed by atoms with Gasteiger partial charge in [0.05, 0.1) is 30.8 Å². The molecular weight excluding hydrogens is 367 g/mol. The van der Waals surface area contributed by atoms with Crippen LogP contribution >= 0.6 is 0 Å². The van der Waals surface area contributed by atoms with Crippen LogP contribution in [0.2, 0.25) is 0 Å². The van der Waals surface area contributed by atoms with Crippen molar-refractivity contribution >= 4 is 28.3 Å². The number of hydrogen-bond acceptors (Lipinski definition) is 6. The number of nitrogens with one attached hydrogen (secondary N) is 1. The maximum absolute atomic E-state index is 13.8. The molecule has 9 nitrogen and oxygen atoms in total. The smallest absolute Gasteiger partial charge is 0.264 e. The molecule has 1 fully saturated rings. The van der Waals surface area contributed by atoms with Gasteiger partial charge in [-0.25, -0.2) is 9.37 Å². The molecule has 1 aromatic carbocycles. The summed E-state index contributed by atoms with van der Waals surface area (Å²) < 4.78 is 21.8. The van der Waals surface area contributed by atoms with Crippen molar-refractivity contribution in [2.75, 3.05) is 36.5 Å². The van der Waals surface area contributed by atoms with Crippen molar-refractivity contribution in [2.24, 2.45) is 7.05 Å². The molecule has 0 bridgehead atoms. The van der Waals surface area contributed by atoms with E-state index in [1.54, 1.807) is 13.1 Å². The number of rotatable bonds is 4. The van der Waals surface area contributed by atoms with Gasteiger partial charge in [-0.15, -0.1) is 0 Å². The summed E-state index contributed by atoms with van der Waals surface area (Å²) in [5.74, 6) is -0.907. The molecule has 0 radical (unpaired) electrons. The van der Waals surface area contributed by atoms with Gasteiger partial charge in [-0.2, -0.15) is 5.10 Å². The Labute approximate surface area is 159 Å². The van der Waals surface area contributed by atoms with Crippen molar-refractivity contribution < 1.29 is 13.9 Å². The number of nitrogens with zero attached hydrogens (tertiary/aromatic N) is 5. The van der Waals surface area contributed by atoms with E-state index in [0.29, 0.717) is 48.7 Å². The number of anilines is 2. The second-order valence-corrected chi connectivity index (χ2v) is 6.49. The molecule has 0 unspecified atom stereocenters. The summed E-state index contributed by atoms with van der Waals surface area (Å²) in [7, 11) is 1.68. The van der Waals surface area contributed by atoms with E-state index < -0.39 is 11.7 Å². The Balaban J connectivity index is 1.56. The molecule has 146 valence electrons. The highest BCUT2D eigenvalue weighted by Crippen LogP contribution is 2.27. The van der Waals surface area contributed by atoms with E-state index in [0.717, 1.165) is 0 Å². The van der Waals surface area contributed by atoms with Crippen molar-refractivity contribution in [1.29, 1.82) is 0 Å². The van der Waals surface area contributed by atoms with Gasteiger partial charge in [0.1, 0.15) is 24.1 Å². The third kappa shape index (κ3) is 3.46. The van der Waals surface area contributed by atoms with E-state index in [4.69, 9.17) is 4.74 Å². The zero-order chi connectivity index (χ0) is 19.7.